The number of amides is 1. The van der Waals surface area contributed by atoms with Crippen LogP contribution in [0.5, 0.6) is 5.75 Å². The molecule has 0 aliphatic carbocycles. The van der Waals surface area contributed by atoms with E-state index in [4.69, 9.17) is 9.47 Å². The zero-order chi connectivity index (χ0) is 17.8. The SMILES string of the molecule is O=C(NC1CCOCC1)C1CCCN(CCc2ccc3c(c2)CCO3)C1. The Kier molecular flexibility index (Phi) is 5.75. The molecule has 1 atom stereocenters. The minimum atomic E-state index is 0.139. The first-order valence-electron chi connectivity index (χ1n) is 10.1. The van der Waals surface area contributed by atoms with E-state index < -0.39 is 0 Å². The van der Waals surface area contributed by atoms with E-state index in [0.717, 1.165) is 83.7 Å². The van der Waals surface area contributed by atoms with Crippen LogP contribution in [-0.4, -0.2) is 56.3 Å². The maximum atomic E-state index is 12.6. The monoisotopic (exact) mass is 358 g/mol. The van der Waals surface area contributed by atoms with Crippen LogP contribution in [0, 0.1) is 5.92 Å². The first kappa shape index (κ1) is 17.8. The van der Waals surface area contributed by atoms with E-state index in [1.165, 1.54) is 11.1 Å². The Morgan fingerprint density at radius 1 is 1.19 bits per heavy atom. The van der Waals surface area contributed by atoms with Crippen LogP contribution in [0.15, 0.2) is 18.2 Å². The molecule has 3 aliphatic heterocycles. The number of fused-ring (bicyclic) bond motifs is 1. The van der Waals surface area contributed by atoms with Gasteiger partial charge in [-0.1, -0.05) is 12.1 Å². The molecule has 5 nitrogen and oxygen atoms in total. The Labute approximate surface area is 156 Å². The summed E-state index contributed by atoms with van der Waals surface area (Å²) in [6.45, 7) is 5.38. The highest BCUT2D eigenvalue weighted by atomic mass is 16.5. The van der Waals surface area contributed by atoms with Gasteiger partial charge in [-0.2, -0.15) is 0 Å². The summed E-state index contributed by atoms with van der Waals surface area (Å²) < 4.78 is 11.0. The zero-order valence-corrected chi connectivity index (χ0v) is 15.5. The lowest BCUT2D eigenvalue weighted by atomic mass is 9.95. The van der Waals surface area contributed by atoms with Crippen molar-refractivity contribution in [2.45, 2.75) is 44.6 Å². The van der Waals surface area contributed by atoms with E-state index in [9.17, 15) is 4.79 Å². The third kappa shape index (κ3) is 4.38. The predicted molar refractivity (Wildman–Crippen MR) is 100 cm³/mol. The smallest absolute Gasteiger partial charge is 0.224 e. The molecule has 0 radical (unpaired) electrons. The Bertz CT molecular complexity index is 628. The van der Waals surface area contributed by atoms with E-state index in [2.05, 4.69) is 28.4 Å². The van der Waals surface area contributed by atoms with Crippen LogP contribution < -0.4 is 10.1 Å². The van der Waals surface area contributed by atoms with Crippen molar-refractivity contribution in [3.05, 3.63) is 29.3 Å². The van der Waals surface area contributed by atoms with Gasteiger partial charge in [0.15, 0.2) is 0 Å². The molecule has 2 saturated heterocycles. The Balaban J connectivity index is 1.26. The van der Waals surface area contributed by atoms with Crippen LogP contribution in [0.25, 0.3) is 0 Å². The fourth-order valence-corrected chi connectivity index (χ4v) is 4.32. The Morgan fingerprint density at radius 3 is 2.96 bits per heavy atom. The molecule has 1 aromatic carbocycles. The number of piperidine rings is 1. The van der Waals surface area contributed by atoms with Crippen molar-refractivity contribution < 1.29 is 14.3 Å². The van der Waals surface area contributed by atoms with E-state index in [1.807, 2.05) is 0 Å². The lowest BCUT2D eigenvalue weighted by molar-refractivity contribution is -0.128. The average molecular weight is 358 g/mol. The number of carbonyl (C=O) groups is 1. The van der Waals surface area contributed by atoms with Gasteiger partial charge in [0.25, 0.3) is 0 Å². The van der Waals surface area contributed by atoms with Gasteiger partial charge in [-0.05, 0) is 55.8 Å². The lowest BCUT2D eigenvalue weighted by Gasteiger charge is -2.33. The van der Waals surface area contributed by atoms with Crippen molar-refractivity contribution in [1.29, 1.82) is 0 Å². The van der Waals surface area contributed by atoms with Gasteiger partial charge in [0, 0.05) is 38.8 Å². The zero-order valence-electron chi connectivity index (χ0n) is 15.5. The topological polar surface area (TPSA) is 50.8 Å². The van der Waals surface area contributed by atoms with Crippen LogP contribution in [0.4, 0.5) is 0 Å². The molecule has 0 saturated carbocycles. The Hall–Kier alpha value is -1.59. The van der Waals surface area contributed by atoms with E-state index in [0.29, 0.717) is 6.04 Å². The van der Waals surface area contributed by atoms with Gasteiger partial charge in [-0.15, -0.1) is 0 Å². The number of likely N-dealkylation sites (tertiary alicyclic amines) is 1. The van der Waals surface area contributed by atoms with Gasteiger partial charge in [-0.25, -0.2) is 0 Å². The van der Waals surface area contributed by atoms with Crippen molar-refractivity contribution in [2.75, 3.05) is 39.5 Å². The predicted octanol–water partition coefficient (Wildman–Crippen LogP) is 2.17. The molecule has 0 aromatic heterocycles. The summed E-state index contributed by atoms with van der Waals surface area (Å²) >= 11 is 0. The normalized spacial score (nSPS) is 24.1. The summed E-state index contributed by atoms with van der Waals surface area (Å²) in [6, 6.07) is 6.89. The van der Waals surface area contributed by atoms with Crippen LogP contribution in [0.1, 0.15) is 36.8 Å². The number of carbonyl (C=O) groups excluding carboxylic acids is 1. The molecule has 1 aromatic rings. The number of nitrogens with one attached hydrogen (secondary N) is 1. The summed E-state index contributed by atoms with van der Waals surface area (Å²) in [5.41, 5.74) is 2.72. The molecule has 26 heavy (non-hydrogen) atoms. The molecule has 2 fully saturated rings. The molecular weight excluding hydrogens is 328 g/mol. The molecule has 5 heteroatoms. The summed E-state index contributed by atoms with van der Waals surface area (Å²) in [6.07, 6.45) is 6.10. The first-order valence-corrected chi connectivity index (χ1v) is 10.1. The third-order valence-corrected chi connectivity index (χ3v) is 5.91. The van der Waals surface area contributed by atoms with Crippen LogP contribution in [-0.2, 0) is 22.4 Å². The van der Waals surface area contributed by atoms with Crippen LogP contribution >= 0.6 is 0 Å². The van der Waals surface area contributed by atoms with Gasteiger partial charge < -0.3 is 19.7 Å². The minimum Gasteiger partial charge on any atom is -0.493 e. The second kappa shape index (κ2) is 8.40. The molecular formula is C21H30N2O3. The summed E-state index contributed by atoms with van der Waals surface area (Å²) in [7, 11) is 0. The van der Waals surface area contributed by atoms with Crippen molar-refractivity contribution >= 4 is 5.91 Å². The maximum absolute atomic E-state index is 12.6. The number of nitrogens with zero attached hydrogens (tertiary/aromatic N) is 1. The molecule has 142 valence electrons. The van der Waals surface area contributed by atoms with Gasteiger partial charge in [-0.3, -0.25) is 4.79 Å². The summed E-state index contributed by atoms with van der Waals surface area (Å²) in [5, 5.41) is 3.25. The van der Waals surface area contributed by atoms with Crippen LogP contribution in [0.2, 0.25) is 0 Å². The summed E-state index contributed by atoms with van der Waals surface area (Å²) in [5.74, 6) is 1.44. The highest BCUT2D eigenvalue weighted by molar-refractivity contribution is 5.79. The van der Waals surface area contributed by atoms with Gasteiger partial charge in [0.05, 0.1) is 12.5 Å². The van der Waals surface area contributed by atoms with E-state index >= 15 is 0 Å². The molecule has 1 amide bonds. The molecule has 3 aliphatic rings. The van der Waals surface area contributed by atoms with E-state index in [1.54, 1.807) is 0 Å². The highest BCUT2D eigenvalue weighted by Crippen LogP contribution is 2.26. The first-order chi connectivity index (χ1) is 12.8. The number of hydrogen-bond acceptors (Lipinski definition) is 4. The standard InChI is InChI=1S/C21H30N2O3/c24-21(22-19-7-11-25-12-8-19)18-2-1-9-23(15-18)10-5-16-3-4-20-17(14-16)6-13-26-20/h3-4,14,18-19H,1-2,5-13,15H2,(H,22,24). The largest absolute Gasteiger partial charge is 0.493 e. The molecule has 4 rings (SSSR count). The molecule has 0 spiro atoms. The van der Waals surface area contributed by atoms with Gasteiger partial charge in [0.2, 0.25) is 5.91 Å². The second-order valence-electron chi connectivity index (χ2n) is 7.83. The van der Waals surface area contributed by atoms with Crippen molar-refractivity contribution in [2.24, 2.45) is 5.92 Å². The molecule has 0 bridgehead atoms. The summed E-state index contributed by atoms with van der Waals surface area (Å²) in [4.78, 5) is 15.1. The fraction of sp³-hybridized carbons (Fsp3) is 0.667. The Morgan fingerprint density at radius 2 is 2.08 bits per heavy atom. The fourth-order valence-electron chi connectivity index (χ4n) is 4.32. The molecule has 3 heterocycles. The third-order valence-electron chi connectivity index (χ3n) is 5.91. The minimum absolute atomic E-state index is 0.139. The van der Waals surface area contributed by atoms with Gasteiger partial charge >= 0.3 is 0 Å². The number of benzene rings is 1. The number of rotatable bonds is 5. The molecule has 1 N–H and O–H groups in total. The van der Waals surface area contributed by atoms with Crippen LogP contribution in [0.3, 0.4) is 0 Å². The average Bonchev–Trinajstić information content (AvgIpc) is 3.15. The van der Waals surface area contributed by atoms with Crippen molar-refractivity contribution in [1.82, 2.24) is 10.2 Å². The van der Waals surface area contributed by atoms with Crippen molar-refractivity contribution in [3.63, 3.8) is 0 Å². The number of ether oxygens (including phenoxy) is 2. The second-order valence-corrected chi connectivity index (χ2v) is 7.83. The quantitative estimate of drug-likeness (QED) is 0.876. The van der Waals surface area contributed by atoms with E-state index in [-0.39, 0.29) is 11.8 Å². The number of hydrogen-bond donors (Lipinski definition) is 1. The lowest BCUT2D eigenvalue weighted by Crippen LogP contribution is -2.47. The van der Waals surface area contributed by atoms with Gasteiger partial charge in [0.1, 0.15) is 5.75 Å². The van der Waals surface area contributed by atoms with Crippen molar-refractivity contribution in [3.8, 4) is 5.75 Å². The highest BCUT2D eigenvalue weighted by Gasteiger charge is 2.27. The maximum Gasteiger partial charge on any atom is 0.224 e. The molecule has 1 unspecified atom stereocenters.